The van der Waals surface area contributed by atoms with Crippen LogP contribution in [0.5, 0.6) is 0 Å². The van der Waals surface area contributed by atoms with Gasteiger partial charge in [-0.05, 0) is 24.8 Å². The molecule has 1 fully saturated rings. The molecule has 2 nitrogen and oxygen atoms in total. The van der Waals surface area contributed by atoms with Crippen molar-refractivity contribution in [1.29, 1.82) is 0 Å². The number of nitrogens with two attached hydrogens (primary N) is 1. The molecule has 0 aliphatic carbocycles. The Morgan fingerprint density at radius 2 is 2.00 bits per heavy atom. The Morgan fingerprint density at radius 3 is 2.25 bits per heavy atom. The Labute approximate surface area is 75.5 Å². The van der Waals surface area contributed by atoms with Crippen LogP contribution >= 0.6 is 0 Å². The minimum atomic E-state index is 0.278. The van der Waals surface area contributed by atoms with Gasteiger partial charge in [-0.2, -0.15) is 0 Å². The van der Waals surface area contributed by atoms with Crippen LogP contribution in [0.1, 0.15) is 33.6 Å². The molecule has 0 aromatic heterocycles. The summed E-state index contributed by atoms with van der Waals surface area (Å²) in [4.78, 5) is 0. The van der Waals surface area contributed by atoms with E-state index in [-0.39, 0.29) is 5.41 Å². The molecule has 0 aromatic rings. The zero-order valence-electron chi connectivity index (χ0n) is 8.52. The lowest BCUT2D eigenvalue weighted by Gasteiger charge is -2.45. The smallest absolute Gasteiger partial charge is 0.0544 e. The highest BCUT2D eigenvalue weighted by Gasteiger charge is 2.40. The van der Waals surface area contributed by atoms with Crippen LogP contribution in [0.2, 0.25) is 0 Å². The molecule has 2 heteroatoms. The second-order valence-corrected chi connectivity index (χ2v) is 4.89. The first-order chi connectivity index (χ1) is 5.54. The van der Waals surface area contributed by atoms with Crippen LogP contribution < -0.4 is 5.73 Å². The van der Waals surface area contributed by atoms with Crippen molar-refractivity contribution in [2.75, 3.05) is 19.8 Å². The normalized spacial score (nSPS) is 22.0. The highest BCUT2D eigenvalue weighted by molar-refractivity contribution is 4.89. The predicted octanol–water partition coefficient (Wildman–Crippen LogP) is 1.79. The molecule has 0 unspecified atom stereocenters. The van der Waals surface area contributed by atoms with Crippen LogP contribution in [0.4, 0.5) is 0 Å². The van der Waals surface area contributed by atoms with Crippen molar-refractivity contribution in [1.82, 2.24) is 0 Å². The molecule has 0 spiro atoms. The van der Waals surface area contributed by atoms with Crippen molar-refractivity contribution in [3.05, 3.63) is 0 Å². The SMILES string of the molecule is CCC1(CC(C)(C)CN)COC1. The molecule has 0 saturated carbocycles. The summed E-state index contributed by atoms with van der Waals surface area (Å²) in [6.45, 7) is 9.37. The molecule has 1 saturated heterocycles. The monoisotopic (exact) mass is 171 g/mol. The van der Waals surface area contributed by atoms with Crippen molar-refractivity contribution < 1.29 is 4.74 Å². The van der Waals surface area contributed by atoms with Gasteiger partial charge in [0.15, 0.2) is 0 Å². The molecule has 72 valence electrons. The van der Waals surface area contributed by atoms with E-state index in [9.17, 15) is 0 Å². The van der Waals surface area contributed by atoms with Gasteiger partial charge < -0.3 is 10.5 Å². The third-order valence-electron chi connectivity index (χ3n) is 2.97. The van der Waals surface area contributed by atoms with Gasteiger partial charge in [0.05, 0.1) is 13.2 Å². The van der Waals surface area contributed by atoms with E-state index < -0.39 is 0 Å². The molecule has 0 aromatic carbocycles. The topological polar surface area (TPSA) is 35.2 Å². The lowest BCUT2D eigenvalue weighted by atomic mass is 9.70. The van der Waals surface area contributed by atoms with E-state index in [1.807, 2.05) is 0 Å². The van der Waals surface area contributed by atoms with E-state index in [2.05, 4.69) is 20.8 Å². The summed E-state index contributed by atoms with van der Waals surface area (Å²) in [5.74, 6) is 0. The van der Waals surface area contributed by atoms with Gasteiger partial charge in [-0.15, -0.1) is 0 Å². The van der Waals surface area contributed by atoms with Gasteiger partial charge in [0, 0.05) is 5.41 Å². The van der Waals surface area contributed by atoms with E-state index in [0.29, 0.717) is 5.41 Å². The number of hydrogen-bond donors (Lipinski definition) is 1. The fraction of sp³-hybridized carbons (Fsp3) is 1.00. The second kappa shape index (κ2) is 3.35. The third-order valence-corrected chi connectivity index (χ3v) is 2.97. The van der Waals surface area contributed by atoms with Gasteiger partial charge in [0.2, 0.25) is 0 Å². The Bertz CT molecular complexity index is 144. The molecule has 2 N–H and O–H groups in total. The van der Waals surface area contributed by atoms with E-state index >= 15 is 0 Å². The molecule has 0 atom stereocenters. The lowest BCUT2D eigenvalue weighted by molar-refractivity contribution is -0.133. The van der Waals surface area contributed by atoms with Gasteiger partial charge in [-0.1, -0.05) is 20.8 Å². The molecule has 1 rings (SSSR count). The minimum Gasteiger partial charge on any atom is -0.380 e. The first kappa shape index (κ1) is 10.0. The van der Waals surface area contributed by atoms with Crippen LogP contribution in [0.25, 0.3) is 0 Å². The van der Waals surface area contributed by atoms with Crippen LogP contribution in [0.3, 0.4) is 0 Å². The average molecular weight is 171 g/mol. The molecule has 12 heavy (non-hydrogen) atoms. The zero-order chi connectivity index (χ0) is 9.24. The molecule has 1 aliphatic heterocycles. The number of ether oxygens (including phenoxy) is 1. The Morgan fingerprint density at radius 1 is 1.42 bits per heavy atom. The van der Waals surface area contributed by atoms with E-state index in [0.717, 1.165) is 19.8 Å². The number of hydrogen-bond acceptors (Lipinski definition) is 2. The Balaban J connectivity index is 2.47. The predicted molar refractivity (Wildman–Crippen MR) is 51.0 cm³/mol. The molecular formula is C10H21NO. The number of rotatable bonds is 4. The molecule has 1 aliphatic rings. The molecule has 0 bridgehead atoms. The summed E-state index contributed by atoms with van der Waals surface area (Å²) in [6.07, 6.45) is 2.42. The van der Waals surface area contributed by atoms with Crippen LogP contribution in [0, 0.1) is 10.8 Å². The van der Waals surface area contributed by atoms with Crippen molar-refractivity contribution >= 4 is 0 Å². The summed E-state index contributed by atoms with van der Waals surface area (Å²) in [6, 6.07) is 0. The fourth-order valence-corrected chi connectivity index (χ4v) is 1.91. The maximum absolute atomic E-state index is 5.71. The maximum atomic E-state index is 5.71. The zero-order valence-corrected chi connectivity index (χ0v) is 8.52. The van der Waals surface area contributed by atoms with Crippen LogP contribution in [-0.2, 0) is 4.74 Å². The van der Waals surface area contributed by atoms with Crippen LogP contribution in [0.15, 0.2) is 0 Å². The first-order valence-corrected chi connectivity index (χ1v) is 4.81. The maximum Gasteiger partial charge on any atom is 0.0544 e. The van der Waals surface area contributed by atoms with Crippen molar-refractivity contribution in [2.24, 2.45) is 16.6 Å². The molecular weight excluding hydrogens is 150 g/mol. The second-order valence-electron chi connectivity index (χ2n) is 4.89. The van der Waals surface area contributed by atoms with Gasteiger partial charge in [-0.25, -0.2) is 0 Å². The van der Waals surface area contributed by atoms with E-state index in [1.54, 1.807) is 0 Å². The quantitative estimate of drug-likeness (QED) is 0.700. The molecule has 0 radical (unpaired) electrons. The van der Waals surface area contributed by atoms with E-state index in [4.69, 9.17) is 10.5 Å². The van der Waals surface area contributed by atoms with Gasteiger partial charge in [-0.3, -0.25) is 0 Å². The largest absolute Gasteiger partial charge is 0.380 e. The van der Waals surface area contributed by atoms with Gasteiger partial charge in [0.1, 0.15) is 0 Å². The highest BCUT2D eigenvalue weighted by Crippen LogP contribution is 2.41. The van der Waals surface area contributed by atoms with Crippen molar-refractivity contribution in [3.63, 3.8) is 0 Å². The standard InChI is InChI=1S/C10H21NO/c1-4-10(7-12-8-10)5-9(2,3)6-11/h4-8,11H2,1-3H3. The Kier molecular flexibility index (Phi) is 2.79. The minimum absolute atomic E-state index is 0.278. The molecule has 0 amide bonds. The van der Waals surface area contributed by atoms with Crippen molar-refractivity contribution in [2.45, 2.75) is 33.6 Å². The van der Waals surface area contributed by atoms with E-state index in [1.165, 1.54) is 12.8 Å². The highest BCUT2D eigenvalue weighted by atomic mass is 16.5. The summed E-state index contributed by atoms with van der Waals surface area (Å²) in [5, 5.41) is 0. The van der Waals surface area contributed by atoms with Gasteiger partial charge in [0.25, 0.3) is 0 Å². The summed E-state index contributed by atoms with van der Waals surface area (Å²) in [7, 11) is 0. The van der Waals surface area contributed by atoms with Crippen LogP contribution in [-0.4, -0.2) is 19.8 Å². The summed E-state index contributed by atoms with van der Waals surface area (Å²) >= 11 is 0. The first-order valence-electron chi connectivity index (χ1n) is 4.81. The Hall–Kier alpha value is -0.0800. The lowest BCUT2D eigenvalue weighted by Crippen LogP contribution is -2.46. The average Bonchev–Trinajstić information content (AvgIpc) is 1.97. The fourth-order valence-electron chi connectivity index (χ4n) is 1.91. The third kappa shape index (κ3) is 1.99. The summed E-state index contributed by atoms with van der Waals surface area (Å²) in [5.41, 5.74) is 6.43. The molecule has 1 heterocycles. The van der Waals surface area contributed by atoms with Gasteiger partial charge >= 0.3 is 0 Å². The van der Waals surface area contributed by atoms with Crippen molar-refractivity contribution in [3.8, 4) is 0 Å². The summed E-state index contributed by atoms with van der Waals surface area (Å²) < 4.78 is 5.28.